The average Bonchev–Trinajstić information content (AvgIpc) is 3.39. The minimum absolute atomic E-state index is 0. The van der Waals surface area contributed by atoms with Crippen LogP contribution in [0.4, 0.5) is 5.69 Å². The molecule has 0 aliphatic carbocycles. The van der Waals surface area contributed by atoms with Crippen molar-refractivity contribution < 1.29 is 44.1 Å². The number of aromatic nitrogens is 4. The molecule has 1 unspecified atom stereocenters. The number of nitrogens with one attached hydrogen (secondary N) is 2. The lowest BCUT2D eigenvalue weighted by Crippen LogP contribution is -3.28. The number of aryl methyl sites for hydroxylation is 1. The summed E-state index contributed by atoms with van der Waals surface area (Å²) in [5.74, 6) is 0.917. The summed E-state index contributed by atoms with van der Waals surface area (Å²) in [5, 5.41) is 0. The fraction of sp³-hybridized carbons (Fsp3) is 0.393. The Bertz CT molecular complexity index is 1510. The molecule has 40 heavy (non-hydrogen) atoms. The zero-order valence-electron chi connectivity index (χ0n) is 23.0. The van der Waals surface area contributed by atoms with Gasteiger partial charge >= 0.3 is 5.69 Å². The smallest absolute Gasteiger partial charge is 0.332 e. The second kappa shape index (κ2) is 14.0. The van der Waals surface area contributed by atoms with Gasteiger partial charge in [-0.2, -0.15) is 0 Å². The van der Waals surface area contributed by atoms with E-state index < -0.39 is 0 Å². The van der Waals surface area contributed by atoms with Crippen molar-refractivity contribution in [3.05, 3.63) is 87.3 Å². The lowest BCUT2D eigenvalue weighted by atomic mass is 10.1. The van der Waals surface area contributed by atoms with Gasteiger partial charge in [-0.1, -0.05) is 42.5 Å². The number of imidazole rings is 1. The molecule has 3 heterocycles. The minimum atomic E-state index is -0.378. The number of hydrogen-bond donors (Lipinski definition) is 2. The Morgan fingerprint density at radius 2 is 1.60 bits per heavy atom. The summed E-state index contributed by atoms with van der Waals surface area (Å²) >= 11 is 0. The second-order valence-electron chi connectivity index (χ2n) is 9.93. The van der Waals surface area contributed by atoms with E-state index in [-0.39, 0.29) is 42.1 Å². The number of halogens is 2. The van der Waals surface area contributed by atoms with Crippen molar-refractivity contribution in [1.82, 2.24) is 18.7 Å². The Morgan fingerprint density at radius 3 is 2.30 bits per heavy atom. The minimum Gasteiger partial charge on any atom is -1.00 e. The van der Waals surface area contributed by atoms with Crippen molar-refractivity contribution in [3.8, 4) is 5.75 Å². The van der Waals surface area contributed by atoms with Crippen LogP contribution in [0, 0.1) is 0 Å². The summed E-state index contributed by atoms with van der Waals surface area (Å²) in [6, 6.07) is 18.5. The zero-order chi connectivity index (χ0) is 26.6. The topological polar surface area (TPSA) is 89.2 Å². The summed E-state index contributed by atoms with van der Waals surface area (Å²) in [6.45, 7) is 5.48. The molecule has 1 aliphatic rings. The molecule has 4 aromatic rings. The average molecular weight is 592 g/mol. The van der Waals surface area contributed by atoms with E-state index in [1.807, 2.05) is 34.9 Å². The standard InChI is InChI=1S/C28H34N6O4.2ClH/c1-30-26-25(27(35)31(2)28(30)36)34(20-29-26)17-22(19-38-18-21-9-5-4-6-10-21)32-13-15-33(16-14-32)23-11-7-8-12-24(23)37-3;;/h4-12,20,22H,13-19H2,1-3H3;2*1H. The molecular weight excluding hydrogens is 555 g/mol. The highest BCUT2D eigenvalue weighted by molar-refractivity contribution is 5.69. The number of fused-ring (bicyclic) bond motifs is 1. The van der Waals surface area contributed by atoms with Gasteiger partial charge in [-0.15, -0.1) is 0 Å². The van der Waals surface area contributed by atoms with Crippen LogP contribution in [0.15, 0.2) is 70.5 Å². The van der Waals surface area contributed by atoms with Gasteiger partial charge in [-0.25, -0.2) is 9.78 Å². The molecule has 0 bridgehead atoms. The summed E-state index contributed by atoms with van der Waals surface area (Å²) in [7, 11) is 4.87. The molecule has 0 spiro atoms. The molecule has 5 rings (SSSR count). The fourth-order valence-corrected chi connectivity index (χ4v) is 5.45. The largest absolute Gasteiger partial charge is 1.00 e. The van der Waals surface area contributed by atoms with E-state index in [1.54, 1.807) is 20.5 Å². The highest BCUT2D eigenvalue weighted by Crippen LogP contribution is 2.18. The Labute approximate surface area is 245 Å². The number of rotatable bonds is 9. The van der Waals surface area contributed by atoms with Gasteiger partial charge in [0.25, 0.3) is 5.56 Å². The molecule has 1 fully saturated rings. The zero-order valence-corrected chi connectivity index (χ0v) is 24.5. The van der Waals surface area contributed by atoms with Crippen LogP contribution in [-0.2, 0) is 32.0 Å². The number of ether oxygens (including phenoxy) is 2. The van der Waals surface area contributed by atoms with Crippen molar-refractivity contribution in [1.29, 1.82) is 0 Å². The van der Waals surface area contributed by atoms with Gasteiger partial charge in [0.2, 0.25) is 0 Å². The molecule has 2 aromatic carbocycles. The lowest BCUT2D eigenvalue weighted by molar-refractivity contribution is -1.00. The van der Waals surface area contributed by atoms with Crippen molar-refractivity contribution in [3.63, 3.8) is 0 Å². The molecule has 2 N–H and O–H groups in total. The van der Waals surface area contributed by atoms with Crippen LogP contribution in [0.2, 0.25) is 0 Å². The van der Waals surface area contributed by atoms with E-state index in [9.17, 15) is 9.59 Å². The van der Waals surface area contributed by atoms with E-state index in [4.69, 9.17) is 9.47 Å². The van der Waals surface area contributed by atoms with Gasteiger partial charge in [0.1, 0.15) is 38.8 Å². The van der Waals surface area contributed by atoms with Crippen LogP contribution in [0.5, 0.6) is 5.75 Å². The molecule has 216 valence electrons. The monoisotopic (exact) mass is 590 g/mol. The number of piperazine rings is 1. The third-order valence-electron chi connectivity index (χ3n) is 7.63. The molecular formula is C28H36Cl2N6O4. The first-order chi connectivity index (χ1) is 18.5. The van der Waals surface area contributed by atoms with Gasteiger partial charge in [-0.05, 0) is 11.6 Å². The van der Waals surface area contributed by atoms with Crippen LogP contribution in [-0.4, -0.2) is 64.6 Å². The maximum atomic E-state index is 13.0. The SMILES string of the molecule is COc1ccccc1[NH+]1CC[NH+](C(COCc2ccccc2)Cn2cnc3c2c(=O)n(C)c(=O)n3C)CC1.[Cl-].[Cl-]. The predicted octanol–water partition coefficient (Wildman–Crippen LogP) is -6.85. The maximum absolute atomic E-state index is 13.0. The highest BCUT2D eigenvalue weighted by atomic mass is 35.5. The van der Waals surface area contributed by atoms with Crippen LogP contribution in [0.3, 0.4) is 0 Å². The fourth-order valence-electron chi connectivity index (χ4n) is 5.45. The predicted molar refractivity (Wildman–Crippen MR) is 144 cm³/mol. The van der Waals surface area contributed by atoms with Crippen molar-refractivity contribution in [2.45, 2.75) is 19.2 Å². The van der Waals surface area contributed by atoms with E-state index in [1.165, 1.54) is 27.1 Å². The first-order valence-corrected chi connectivity index (χ1v) is 13.0. The van der Waals surface area contributed by atoms with Crippen molar-refractivity contribution in [2.24, 2.45) is 14.1 Å². The van der Waals surface area contributed by atoms with Crippen LogP contribution >= 0.6 is 0 Å². The Balaban J connectivity index is 0.00000220. The molecule has 10 nitrogen and oxygen atoms in total. The summed E-state index contributed by atoms with van der Waals surface area (Å²) in [4.78, 5) is 32.7. The maximum Gasteiger partial charge on any atom is 0.332 e. The van der Waals surface area contributed by atoms with E-state index >= 15 is 0 Å². The van der Waals surface area contributed by atoms with Crippen LogP contribution in [0.1, 0.15) is 5.56 Å². The molecule has 0 amide bonds. The Hall–Kier alpha value is -3.15. The highest BCUT2D eigenvalue weighted by Gasteiger charge is 2.32. The van der Waals surface area contributed by atoms with Crippen LogP contribution < -0.4 is 50.6 Å². The Morgan fingerprint density at radius 1 is 0.925 bits per heavy atom. The number of quaternary nitrogens is 2. The third kappa shape index (κ3) is 6.42. The lowest BCUT2D eigenvalue weighted by Gasteiger charge is -2.34. The van der Waals surface area contributed by atoms with E-state index in [0.29, 0.717) is 30.9 Å². The molecule has 0 radical (unpaired) electrons. The number of hydrogen-bond acceptors (Lipinski definition) is 5. The summed E-state index contributed by atoms with van der Waals surface area (Å²) in [5.41, 5.74) is 2.46. The van der Waals surface area contributed by atoms with Crippen molar-refractivity contribution >= 4 is 16.9 Å². The molecule has 2 aromatic heterocycles. The van der Waals surface area contributed by atoms with Crippen molar-refractivity contribution in [2.75, 3.05) is 39.9 Å². The normalized spacial score (nSPS) is 17.6. The summed E-state index contributed by atoms with van der Waals surface area (Å²) < 4.78 is 16.3. The van der Waals surface area contributed by atoms with E-state index in [2.05, 4.69) is 29.2 Å². The third-order valence-corrected chi connectivity index (χ3v) is 7.63. The van der Waals surface area contributed by atoms with Gasteiger partial charge in [-0.3, -0.25) is 18.8 Å². The molecule has 0 saturated carbocycles. The van der Waals surface area contributed by atoms with Gasteiger partial charge in [0, 0.05) is 20.2 Å². The number of nitrogens with zero attached hydrogens (tertiary/aromatic N) is 4. The number of methoxy groups -OCH3 is 1. The first kappa shape index (κ1) is 31.4. The van der Waals surface area contributed by atoms with Crippen LogP contribution in [0.25, 0.3) is 11.2 Å². The second-order valence-corrected chi connectivity index (χ2v) is 9.93. The van der Waals surface area contributed by atoms with E-state index in [0.717, 1.165) is 42.1 Å². The first-order valence-electron chi connectivity index (χ1n) is 13.0. The van der Waals surface area contributed by atoms with Gasteiger partial charge < -0.3 is 43.8 Å². The molecule has 1 atom stereocenters. The number of para-hydroxylation sites is 2. The molecule has 1 saturated heterocycles. The summed E-state index contributed by atoms with van der Waals surface area (Å²) in [6.07, 6.45) is 1.67. The van der Waals surface area contributed by atoms with Gasteiger partial charge in [0.05, 0.1) is 26.6 Å². The molecule has 1 aliphatic heterocycles. The Kier molecular flexibility index (Phi) is 11.0. The molecule has 12 heteroatoms. The van der Waals surface area contributed by atoms with Gasteiger partial charge in [0.15, 0.2) is 22.6 Å². The number of benzene rings is 2. The quantitative estimate of drug-likeness (QED) is 0.202.